The van der Waals surface area contributed by atoms with Gasteiger partial charge in [0.05, 0.1) is 0 Å². The molecule has 0 radical (unpaired) electrons. The van der Waals surface area contributed by atoms with Crippen molar-refractivity contribution in [3.05, 3.63) is 46.6 Å². The van der Waals surface area contributed by atoms with Gasteiger partial charge in [0.1, 0.15) is 46.5 Å². The van der Waals surface area contributed by atoms with Gasteiger partial charge in [-0.1, -0.05) is 0 Å². The number of phenolic OH excluding ortho intramolecular Hbond substituents is 4. The predicted molar refractivity (Wildman–Crippen MR) is 111 cm³/mol. The van der Waals surface area contributed by atoms with Gasteiger partial charge < -0.3 is 55.1 Å². The van der Waals surface area contributed by atoms with Gasteiger partial charge in [-0.25, -0.2) is 4.79 Å². The number of carboxylic acids is 1. The number of ether oxygens (including phenoxy) is 1. The summed E-state index contributed by atoms with van der Waals surface area (Å²) < 4.78 is 9.81. The fraction of sp³-hybridized carbons (Fsp3) is 0.238. The Morgan fingerprint density at radius 3 is 2.09 bits per heavy atom. The van der Waals surface area contributed by atoms with Gasteiger partial charge in [0.2, 0.25) is 0 Å². The summed E-state index contributed by atoms with van der Waals surface area (Å²) >= 11 is 0. The summed E-state index contributed by atoms with van der Waals surface area (Å²) in [6, 6.07) is 7.37. The van der Waals surface area contributed by atoms with E-state index >= 15 is 0 Å². The van der Waals surface area contributed by atoms with E-state index in [1.165, 1.54) is 24.3 Å². The van der Waals surface area contributed by atoms with Crippen molar-refractivity contribution in [2.45, 2.75) is 30.7 Å². The summed E-state index contributed by atoms with van der Waals surface area (Å²) in [7, 11) is 0. The topological polar surface area (TPSA) is 239 Å². The molecule has 1 aliphatic rings. The van der Waals surface area contributed by atoms with Crippen molar-refractivity contribution in [3.63, 3.8) is 0 Å². The number of carbonyl (C=O) groups is 1. The highest BCUT2D eigenvalue weighted by Gasteiger charge is 2.46. The molecule has 5 atom stereocenters. The van der Waals surface area contributed by atoms with Crippen LogP contribution >= 0.6 is 0 Å². The molecule has 4 rings (SSSR count). The molecule has 182 valence electrons. The zero-order chi connectivity index (χ0) is 25.3. The second-order valence-corrected chi connectivity index (χ2v) is 7.27. The minimum Gasteiger partial charge on any atom is -0.508 e. The second kappa shape index (κ2) is 9.54. The Kier molecular flexibility index (Phi) is 6.95. The third-order valence-electron chi connectivity index (χ3n) is 4.89. The van der Waals surface area contributed by atoms with Crippen LogP contribution in [-0.2, 0) is 9.53 Å². The minimum atomic E-state index is -1.81. The van der Waals surface area contributed by atoms with Crippen molar-refractivity contribution in [2.75, 3.05) is 0 Å². The van der Waals surface area contributed by atoms with Crippen LogP contribution in [0.3, 0.4) is 0 Å². The van der Waals surface area contributed by atoms with E-state index in [4.69, 9.17) is 29.9 Å². The number of carboxylic acid groups (broad SMARTS) is 1. The van der Waals surface area contributed by atoms with Crippen molar-refractivity contribution in [2.24, 2.45) is 0 Å². The Hall–Kier alpha value is -3.88. The number of rotatable bonds is 2. The maximum Gasteiger partial charge on any atom is 0.335 e. The Morgan fingerprint density at radius 1 is 0.794 bits per heavy atom. The molecular weight excluding hydrogens is 460 g/mol. The maximum absolute atomic E-state index is 12.0. The molecule has 2 heterocycles. The van der Waals surface area contributed by atoms with Crippen molar-refractivity contribution in [1.29, 1.82) is 0 Å². The first kappa shape index (κ1) is 24.8. The van der Waals surface area contributed by atoms with Crippen molar-refractivity contribution in [3.8, 4) is 34.3 Å². The highest BCUT2D eigenvalue weighted by Crippen LogP contribution is 2.33. The monoisotopic (exact) mass is 480 g/mol. The van der Waals surface area contributed by atoms with Crippen LogP contribution < -0.4 is 5.43 Å². The lowest BCUT2D eigenvalue weighted by Crippen LogP contribution is -2.59. The molecule has 0 amide bonds. The summed E-state index contributed by atoms with van der Waals surface area (Å²) in [4.78, 5) is 22.4. The first-order valence-electron chi connectivity index (χ1n) is 9.53. The highest BCUT2D eigenvalue weighted by molar-refractivity contribution is 5.86. The number of aliphatic carboxylic acids is 1. The molecular formula is C21H20O13. The fourth-order valence-corrected chi connectivity index (χ4v) is 3.14. The molecule has 1 fully saturated rings. The standard InChI is InChI=1S/C15H10O6.C6H10O7/c16-8-4-11(19)15-12(20)6-13(21-14(15)5-8)7-1-2-9(17)10(18)3-7;7-1-2(8)4(5(10)11)13-6(12)3(1)9/h1-6,16-19H;1-4,6-9,12H,(H,10,11)/t;1-,2-,3+,4-,6+/m.0/s1. The molecule has 13 nitrogen and oxygen atoms in total. The smallest absolute Gasteiger partial charge is 0.335 e. The highest BCUT2D eigenvalue weighted by atomic mass is 16.6. The summed E-state index contributed by atoms with van der Waals surface area (Å²) in [5.41, 5.74) is -0.106. The fourth-order valence-electron chi connectivity index (χ4n) is 3.14. The zero-order valence-electron chi connectivity index (χ0n) is 17.0. The van der Waals surface area contributed by atoms with Crippen LogP contribution in [0.2, 0.25) is 0 Å². The molecule has 34 heavy (non-hydrogen) atoms. The van der Waals surface area contributed by atoms with E-state index < -0.39 is 42.1 Å². The lowest BCUT2D eigenvalue weighted by molar-refractivity contribution is -0.279. The van der Waals surface area contributed by atoms with Crippen LogP contribution in [0.1, 0.15) is 0 Å². The van der Waals surface area contributed by atoms with E-state index in [2.05, 4.69) is 4.74 Å². The Labute approximate surface area is 189 Å². The average Bonchev–Trinajstić information content (AvgIpc) is 2.76. The molecule has 0 bridgehead atoms. The van der Waals surface area contributed by atoms with Crippen molar-refractivity contribution < 1.29 is 59.9 Å². The van der Waals surface area contributed by atoms with Gasteiger partial charge in [-0.2, -0.15) is 0 Å². The minimum absolute atomic E-state index is 0.0163. The number of hydrogen-bond donors (Lipinski definition) is 9. The van der Waals surface area contributed by atoms with E-state index in [1.807, 2.05) is 0 Å². The van der Waals surface area contributed by atoms with Crippen LogP contribution in [0, 0.1) is 0 Å². The lowest BCUT2D eigenvalue weighted by atomic mass is 9.99. The van der Waals surface area contributed by atoms with E-state index in [0.29, 0.717) is 5.56 Å². The van der Waals surface area contributed by atoms with Crippen LogP contribution in [-0.4, -0.2) is 82.6 Å². The second-order valence-electron chi connectivity index (χ2n) is 7.27. The number of phenols is 4. The number of aromatic hydroxyl groups is 4. The Morgan fingerprint density at radius 2 is 1.47 bits per heavy atom. The van der Waals surface area contributed by atoms with Gasteiger partial charge in [0.15, 0.2) is 29.3 Å². The quantitative estimate of drug-likeness (QED) is 0.203. The number of benzene rings is 2. The molecule has 3 aromatic rings. The van der Waals surface area contributed by atoms with Gasteiger partial charge in [0.25, 0.3) is 0 Å². The molecule has 13 heteroatoms. The normalized spacial score (nSPS) is 24.3. The van der Waals surface area contributed by atoms with Gasteiger partial charge >= 0.3 is 5.97 Å². The molecule has 0 saturated carbocycles. The molecule has 0 aliphatic carbocycles. The Balaban J connectivity index is 0.000000215. The maximum atomic E-state index is 12.0. The molecule has 2 aromatic carbocycles. The molecule has 9 N–H and O–H groups in total. The summed E-state index contributed by atoms with van der Waals surface area (Å²) in [5, 5.41) is 82.2. The van der Waals surface area contributed by atoms with E-state index in [1.54, 1.807) is 0 Å². The summed E-state index contributed by atoms with van der Waals surface area (Å²) in [6.07, 6.45) is -8.72. The zero-order valence-corrected chi connectivity index (χ0v) is 17.0. The SMILES string of the molecule is O=C(O)[C@H]1O[C@@H](O)[C@H](O)[C@@H](O)[C@@H]1O.O=c1cc(-c2ccc(O)c(O)c2)oc2cc(O)cc(O)c12. The van der Waals surface area contributed by atoms with Crippen molar-refractivity contribution >= 4 is 16.9 Å². The summed E-state index contributed by atoms with van der Waals surface area (Å²) in [5.74, 6) is -2.65. The van der Waals surface area contributed by atoms with E-state index in [-0.39, 0.29) is 39.7 Å². The lowest BCUT2D eigenvalue weighted by Gasteiger charge is -2.36. The first-order valence-corrected chi connectivity index (χ1v) is 9.53. The largest absolute Gasteiger partial charge is 0.508 e. The van der Waals surface area contributed by atoms with Crippen LogP contribution in [0.15, 0.2) is 45.6 Å². The molecule has 1 saturated heterocycles. The van der Waals surface area contributed by atoms with Crippen LogP contribution in [0.5, 0.6) is 23.0 Å². The first-order chi connectivity index (χ1) is 15.9. The number of hydrogen-bond acceptors (Lipinski definition) is 12. The molecule has 0 spiro atoms. The number of fused-ring (bicyclic) bond motifs is 1. The number of aliphatic hydroxyl groups excluding tert-OH is 4. The summed E-state index contributed by atoms with van der Waals surface area (Å²) in [6.45, 7) is 0. The Bertz CT molecular complexity index is 1270. The van der Waals surface area contributed by atoms with Gasteiger partial charge in [-0.05, 0) is 18.2 Å². The van der Waals surface area contributed by atoms with Crippen molar-refractivity contribution in [1.82, 2.24) is 0 Å². The van der Waals surface area contributed by atoms with Gasteiger partial charge in [-0.3, -0.25) is 4.79 Å². The number of aliphatic hydroxyl groups is 4. The van der Waals surface area contributed by atoms with Crippen LogP contribution in [0.25, 0.3) is 22.3 Å². The molecule has 1 aromatic heterocycles. The van der Waals surface area contributed by atoms with Gasteiger partial charge in [-0.15, -0.1) is 0 Å². The van der Waals surface area contributed by atoms with E-state index in [0.717, 1.165) is 12.1 Å². The third-order valence-corrected chi connectivity index (χ3v) is 4.89. The molecule has 1 aliphatic heterocycles. The van der Waals surface area contributed by atoms with Crippen LogP contribution in [0.4, 0.5) is 0 Å². The van der Waals surface area contributed by atoms with E-state index in [9.17, 15) is 30.0 Å². The third kappa shape index (κ3) is 4.88. The predicted octanol–water partition coefficient (Wildman–Crippen LogP) is -0.847. The average molecular weight is 480 g/mol. The molecule has 0 unspecified atom stereocenters. The van der Waals surface area contributed by atoms with Gasteiger partial charge in [0, 0.05) is 23.8 Å².